The van der Waals surface area contributed by atoms with Crippen molar-refractivity contribution in [1.29, 1.82) is 0 Å². The molecule has 2 rings (SSSR count). The van der Waals surface area contributed by atoms with Gasteiger partial charge in [0.15, 0.2) is 0 Å². The summed E-state index contributed by atoms with van der Waals surface area (Å²) in [5.41, 5.74) is 1.09. The minimum Gasteiger partial charge on any atom is -0.393 e. The first-order valence-corrected chi connectivity index (χ1v) is 6.30. The van der Waals surface area contributed by atoms with Crippen LogP contribution >= 0.6 is 0 Å². The van der Waals surface area contributed by atoms with Gasteiger partial charge < -0.3 is 19.7 Å². The van der Waals surface area contributed by atoms with Gasteiger partial charge in [-0.1, -0.05) is 30.3 Å². The number of hydrogen-bond acceptors (Lipinski definition) is 4. The summed E-state index contributed by atoms with van der Waals surface area (Å²) < 4.78 is 10.7. The highest BCUT2D eigenvalue weighted by Gasteiger charge is 2.44. The Morgan fingerprint density at radius 1 is 1.28 bits per heavy atom. The molecule has 1 aliphatic heterocycles. The zero-order valence-electron chi connectivity index (χ0n) is 10.5. The fourth-order valence-corrected chi connectivity index (χ4v) is 1.99. The van der Waals surface area contributed by atoms with Crippen LogP contribution in [0.3, 0.4) is 0 Å². The van der Waals surface area contributed by atoms with Crippen LogP contribution in [-0.4, -0.2) is 41.2 Å². The van der Waals surface area contributed by atoms with Gasteiger partial charge in [0.1, 0.15) is 12.2 Å². The predicted molar refractivity (Wildman–Crippen MR) is 67.1 cm³/mol. The van der Waals surface area contributed by atoms with Crippen molar-refractivity contribution in [2.24, 2.45) is 0 Å². The van der Waals surface area contributed by atoms with Gasteiger partial charge in [0.2, 0.25) is 0 Å². The molecule has 0 spiro atoms. The molecule has 100 valence electrons. The summed E-state index contributed by atoms with van der Waals surface area (Å²) in [5, 5.41) is 19.0. The molecule has 0 radical (unpaired) electrons. The highest BCUT2D eigenvalue weighted by atomic mass is 16.6. The average molecular weight is 252 g/mol. The highest BCUT2D eigenvalue weighted by Crippen LogP contribution is 2.29. The third-order valence-electron chi connectivity index (χ3n) is 2.97. The summed E-state index contributed by atoms with van der Waals surface area (Å²) in [4.78, 5) is 0. The van der Waals surface area contributed by atoms with Gasteiger partial charge in [0.25, 0.3) is 0 Å². The average Bonchev–Trinajstić information content (AvgIpc) is 3.09. The molecular formula is C14H20O4. The molecule has 0 saturated carbocycles. The van der Waals surface area contributed by atoms with E-state index < -0.39 is 12.2 Å². The first-order chi connectivity index (χ1) is 8.66. The fraction of sp³-hybridized carbons (Fsp3) is 0.571. The lowest BCUT2D eigenvalue weighted by Gasteiger charge is -2.09. The second-order valence-electron chi connectivity index (χ2n) is 4.79. The van der Waals surface area contributed by atoms with E-state index in [1.165, 1.54) is 0 Å². The maximum atomic E-state index is 9.82. The first kappa shape index (κ1) is 13.5. The SMILES string of the molecule is C[C@@H](O)C[C@@H]1O[C@@H]1[C@@H](O)COCc1ccccc1. The zero-order valence-corrected chi connectivity index (χ0v) is 10.5. The molecule has 1 aliphatic rings. The van der Waals surface area contributed by atoms with Crippen LogP contribution in [0.25, 0.3) is 0 Å². The van der Waals surface area contributed by atoms with Crippen molar-refractivity contribution in [2.75, 3.05) is 6.61 Å². The summed E-state index contributed by atoms with van der Waals surface area (Å²) in [6, 6.07) is 9.83. The number of ether oxygens (including phenoxy) is 2. The maximum absolute atomic E-state index is 9.82. The van der Waals surface area contributed by atoms with Gasteiger partial charge in [-0.3, -0.25) is 0 Å². The molecule has 1 aromatic rings. The molecule has 4 heteroatoms. The van der Waals surface area contributed by atoms with Crippen molar-refractivity contribution < 1.29 is 19.7 Å². The molecule has 4 atom stereocenters. The Morgan fingerprint density at radius 2 is 2.00 bits per heavy atom. The number of aliphatic hydroxyl groups is 2. The Hall–Kier alpha value is -0.940. The molecule has 0 unspecified atom stereocenters. The van der Waals surface area contributed by atoms with E-state index in [0.29, 0.717) is 13.0 Å². The van der Waals surface area contributed by atoms with Crippen molar-refractivity contribution in [2.45, 2.75) is 44.4 Å². The maximum Gasteiger partial charge on any atom is 0.112 e. The van der Waals surface area contributed by atoms with Crippen LogP contribution in [0.1, 0.15) is 18.9 Å². The van der Waals surface area contributed by atoms with E-state index in [1.807, 2.05) is 30.3 Å². The van der Waals surface area contributed by atoms with Gasteiger partial charge >= 0.3 is 0 Å². The van der Waals surface area contributed by atoms with Crippen LogP contribution < -0.4 is 0 Å². The van der Waals surface area contributed by atoms with Crippen LogP contribution in [0.4, 0.5) is 0 Å². The second-order valence-corrected chi connectivity index (χ2v) is 4.79. The van der Waals surface area contributed by atoms with E-state index in [0.717, 1.165) is 5.56 Å². The number of aliphatic hydroxyl groups excluding tert-OH is 2. The molecule has 1 fully saturated rings. The van der Waals surface area contributed by atoms with Crippen LogP contribution in [-0.2, 0) is 16.1 Å². The van der Waals surface area contributed by atoms with E-state index in [9.17, 15) is 10.2 Å². The summed E-state index contributed by atoms with van der Waals surface area (Å²) >= 11 is 0. The van der Waals surface area contributed by atoms with E-state index in [1.54, 1.807) is 6.92 Å². The zero-order chi connectivity index (χ0) is 13.0. The summed E-state index contributed by atoms with van der Waals surface area (Å²) in [6.45, 7) is 2.47. The van der Waals surface area contributed by atoms with Crippen LogP contribution in [0, 0.1) is 0 Å². The second kappa shape index (κ2) is 6.29. The van der Waals surface area contributed by atoms with Crippen molar-refractivity contribution in [1.82, 2.24) is 0 Å². The molecule has 1 heterocycles. The van der Waals surface area contributed by atoms with Gasteiger partial charge in [0, 0.05) is 6.42 Å². The Balaban J connectivity index is 1.63. The molecule has 0 aromatic heterocycles. The largest absolute Gasteiger partial charge is 0.393 e. The van der Waals surface area contributed by atoms with E-state index in [-0.39, 0.29) is 18.8 Å². The molecule has 0 aliphatic carbocycles. The van der Waals surface area contributed by atoms with Gasteiger partial charge in [-0.05, 0) is 12.5 Å². The lowest BCUT2D eigenvalue weighted by Crippen LogP contribution is -2.24. The van der Waals surface area contributed by atoms with Crippen molar-refractivity contribution in [3.63, 3.8) is 0 Å². The summed E-state index contributed by atoms with van der Waals surface area (Å²) in [6.07, 6.45) is -0.647. The van der Waals surface area contributed by atoms with Gasteiger partial charge in [0.05, 0.1) is 25.4 Å². The normalized spacial score (nSPS) is 25.7. The molecule has 2 N–H and O–H groups in total. The molecule has 4 nitrogen and oxygen atoms in total. The molecule has 1 saturated heterocycles. The van der Waals surface area contributed by atoms with E-state index >= 15 is 0 Å². The van der Waals surface area contributed by atoms with Crippen LogP contribution in [0.5, 0.6) is 0 Å². The number of epoxide rings is 1. The molecule has 0 bridgehead atoms. The highest BCUT2D eigenvalue weighted by molar-refractivity contribution is 5.13. The number of rotatable bonds is 7. The van der Waals surface area contributed by atoms with Gasteiger partial charge in [-0.25, -0.2) is 0 Å². The topological polar surface area (TPSA) is 62.2 Å². The van der Waals surface area contributed by atoms with E-state index in [4.69, 9.17) is 9.47 Å². The van der Waals surface area contributed by atoms with E-state index in [2.05, 4.69) is 0 Å². The fourth-order valence-electron chi connectivity index (χ4n) is 1.99. The summed E-state index contributed by atoms with van der Waals surface area (Å²) in [5.74, 6) is 0. The predicted octanol–water partition coefficient (Wildman–Crippen LogP) is 1.10. The lowest BCUT2D eigenvalue weighted by molar-refractivity contribution is 0.0147. The Labute approximate surface area is 107 Å². The molecule has 1 aromatic carbocycles. The van der Waals surface area contributed by atoms with Crippen LogP contribution in [0.15, 0.2) is 30.3 Å². The minimum atomic E-state index is -0.613. The third-order valence-corrected chi connectivity index (χ3v) is 2.97. The smallest absolute Gasteiger partial charge is 0.112 e. The van der Waals surface area contributed by atoms with Crippen molar-refractivity contribution >= 4 is 0 Å². The van der Waals surface area contributed by atoms with Crippen LogP contribution in [0.2, 0.25) is 0 Å². The van der Waals surface area contributed by atoms with Crippen molar-refractivity contribution in [3.05, 3.63) is 35.9 Å². The Morgan fingerprint density at radius 3 is 2.67 bits per heavy atom. The third kappa shape index (κ3) is 4.07. The Kier molecular flexibility index (Phi) is 4.72. The minimum absolute atomic E-state index is 0.0275. The molecule has 0 amide bonds. The lowest BCUT2D eigenvalue weighted by atomic mass is 10.1. The van der Waals surface area contributed by atoms with Gasteiger partial charge in [-0.2, -0.15) is 0 Å². The first-order valence-electron chi connectivity index (χ1n) is 6.30. The van der Waals surface area contributed by atoms with Crippen molar-refractivity contribution in [3.8, 4) is 0 Å². The summed E-state index contributed by atoms with van der Waals surface area (Å²) in [7, 11) is 0. The van der Waals surface area contributed by atoms with Gasteiger partial charge in [-0.15, -0.1) is 0 Å². The molecule has 18 heavy (non-hydrogen) atoms. The standard InChI is InChI=1S/C14H20O4/c1-10(15)7-13-14(18-13)12(16)9-17-8-11-5-3-2-4-6-11/h2-6,10,12-16H,7-9H2,1H3/t10-,12+,13+,14-/m1/s1. The number of hydrogen-bond donors (Lipinski definition) is 2. The quantitative estimate of drug-likeness (QED) is 0.713. The number of benzene rings is 1. The monoisotopic (exact) mass is 252 g/mol. The Bertz CT molecular complexity index is 352. The molecular weight excluding hydrogens is 232 g/mol.